The van der Waals surface area contributed by atoms with Crippen LogP contribution in [-0.4, -0.2) is 98.4 Å². The van der Waals surface area contributed by atoms with Crippen LogP contribution in [0, 0.1) is 5.92 Å². The molecule has 2 aliphatic rings. The van der Waals surface area contributed by atoms with Crippen molar-refractivity contribution in [3.05, 3.63) is 95.6 Å². The van der Waals surface area contributed by atoms with Gasteiger partial charge in [0.05, 0.1) is 25.6 Å². The van der Waals surface area contributed by atoms with Gasteiger partial charge in [-0.15, -0.1) is 0 Å². The molecule has 0 radical (unpaired) electrons. The average Bonchev–Trinajstić information content (AvgIpc) is 3.18. The van der Waals surface area contributed by atoms with E-state index in [4.69, 9.17) is 10.5 Å². The third kappa shape index (κ3) is 11.7. The predicted octanol–water partition coefficient (Wildman–Crippen LogP) is 0.617. The Morgan fingerprint density at radius 1 is 0.852 bits per heavy atom. The fraction of sp³-hybridized carbons (Fsp3) is 0.400. The maximum atomic E-state index is 13.9. The number of nitrogens with zero attached hydrogens (tertiary/aromatic N) is 1. The lowest BCUT2D eigenvalue weighted by Crippen LogP contribution is -2.52. The third-order valence-electron chi connectivity index (χ3n) is 9.48. The van der Waals surface area contributed by atoms with Crippen LogP contribution in [0.1, 0.15) is 36.0 Å². The molecule has 3 aromatic rings. The lowest BCUT2D eigenvalue weighted by molar-refractivity contribution is -0.135. The zero-order chi connectivity index (χ0) is 38.3. The van der Waals surface area contributed by atoms with Crippen LogP contribution in [0.5, 0.6) is 0 Å². The van der Waals surface area contributed by atoms with Gasteiger partial charge < -0.3 is 42.0 Å². The van der Waals surface area contributed by atoms with Gasteiger partial charge in [-0.05, 0) is 46.7 Å². The van der Waals surface area contributed by atoms with Crippen molar-refractivity contribution in [1.82, 2.24) is 31.5 Å². The second-order valence-corrected chi connectivity index (χ2v) is 13.5. The van der Waals surface area contributed by atoms with Crippen molar-refractivity contribution in [3.63, 3.8) is 0 Å². The summed E-state index contributed by atoms with van der Waals surface area (Å²) < 4.78 is 5.33. The first-order chi connectivity index (χ1) is 26.2. The number of hydrogen-bond acceptors (Lipinski definition) is 8. The molecule has 14 heteroatoms. The standard InChI is InChI=1S/C40H49N7O7/c41-16-20-54-21-18-43-39(52)33-15-17-42-35(48)13-14-37(50)47-19-5-10-32(26-47)38(51)46-34(23-27-11-12-28-6-1-2-7-29(28)22-27)40(53)44-25-31-9-4-3-8-30(31)24-36(49)45-33/h1-4,6-9,11-14,22,32-34H,5,10,15-21,23-26,41H2,(H,42,48)(H,43,52)(H,44,53)(H,45,49)(H,46,51)/b14-13+/t32-,33+,34+/m1/s1. The molecule has 3 aromatic carbocycles. The van der Waals surface area contributed by atoms with Crippen molar-refractivity contribution in [2.24, 2.45) is 11.7 Å². The normalized spacial score (nSPS) is 21.3. The molecule has 3 atom stereocenters. The average molecular weight is 740 g/mol. The summed E-state index contributed by atoms with van der Waals surface area (Å²) in [7, 11) is 0. The molecule has 0 aliphatic carbocycles. The van der Waals surface area contributed by atoms with Gasteiger partial charge in [-0.3, -0.25) is 28.8 Å². The van der Waals surface area contributed by atoms with Gasteiger partial charge in [0.25, 0.3) is 0 Å². The number of carbonyl (C=O) groups excluding carboxylic acids is 6. The summed E-state index contributed by atoms with van der Waals surface area (Å²) in [5.41, 5.74) is 7.65. The Morgan fingerprint density at radius 2 is 1.63 bits per heavy atom. The van der Waals surface area contributed by atoms with E-state index in [9.17, 15) is 28.8 Å². The Bertz CT molecular complexity index is 1850. The maximum Gasteiger partial charge on any atom is 0.246 e. The number of rotatable bonds is 8. The van der Waals surface area contributed by atoms with E-state index in [0.29, 0.717) is 43.7 Å². The van der Waals surface area contributed by atoms with E-state index in [0.717, 1.165) is 28.5 Å². The number of ether oxygens (including phenoxy) is 1. The molecular weight excluding hydrogens is 690 g/mol. The van der Waals surface area contributed by atoms with Gasteiger partial charge in [0.1, 0.15) is 12.1 Å². The van der Waals surface area contributed by atoms with Crippen molar-refractivity contribution in [2.75, 3.05) is 45.9 Å². The van der Waals surface area contributed by atoms with E-state index in [-0.39, 0.29) is 58.0 Å². The number of nitrogens with one attached hydrogen (secondary N) is 5. The van der Waals surface area contributed by atoms with E-state index < -0.39 is 47.5 Å². The molecule has 0 spiro atoms. The van der Waals surface area contributed by atoms with Crippen LogP contribution >= 0.6 is 0 Å². The lowest BCUT2D eigenvalue weighted by atomic mass is 9.95. The first kappa shape index (κ1) is 39.6. The molecule has 0 aromatic heterocycles. The Kier molecular flexibility index (Phi) is 14.7. The fourth-order valence-corrected chi connectivity index (χ4v) is 6.59. The largest absolute Gasteiger partial charge is 0.378 e. The Hall–Kier alpha value is -5.60. The highest BCUT2D eigenvalue weighted by atomic mass is 16.5. The number of fused-ring (bicyclic) bond motifs is 4. The maximum absolute atomic E-state index is 13.9. The predicted molar refractivity (Wildman–Crippen MR) is 202 cm³/mol. The van der Waals surface area contributed by atoms with Crippen molar-refractivity contribution >= 4 is 46.2 Å². The van der Waals surface area contributed by atoms with Crippen LogP contribution < -0.4 is 32.3 Å². The van der Waals surface area contributed by atoms with Gasteiger partial charge in [-0.1, -0.05) is 66.7 Å². The highest BCUT2D eigenvalue weighted by molar-refractivity contribution is 5.97. The SMILES string of the molecule is NCCOCCNC(=O)[C@@H]1CCNC(=O)/C=C/C(=O)N2CCC[C@H](C2)C(=O)N[C@@H](Cc2ccc3ccccc3c2)C(=O)NCc2ccccc2CC(=O)N1. The van der Waals surface area contributed by atoms with Crippen LogP contribution in [0.3, 0.4) is 0 Å². The van der Waals surface area contributed by atoms with Crippen molar-refractivity contribution < 1.29 is 33.5 Å². The number of hydrogen-bond donors (Lipinski definition) is 6. The highest BCUT2D eigenvalue weighted by Crippen LogP contribution is 2.20. The summed E-state index contributed by atoms with van der Waals surface area (Å²) in [4.78, 5) is 81.3. The zero-order valence-corrected chi connectivity index (χ0v) is 30.3. The van der Waals surface area contributed by atoms with Crippen molar-refractivity contribution in [2.45, 2.75) is 50.7 Å². The molecule has 1 saturated heterocycles. The second kappa shape index (κ2) is 20.0. The fourth-order valence-electron chi connectivity index (χ4n) is 6.59. The topological polar surface area (TPSA) is 201 Å². The van der Waals surface area contributed by atoms with Gasteiger partial charge >= 0.3 is 0 Å². The molecule has 0 saturated carbocycles. The summed E-state index contributed by atoms with van der Waals surface area (Å²) in [6, 6.07) is 19.1. The van der Waals surface area contributed by atoms with Crippen LogP contribution in [-0.2, 0) is 52.9 Å². The highest BCUT2D eigenvalue weighted by Gasteiger charge is 2.31. The molecule has 2 heterocycles. The van der Waals surface area contributed by atoms with E-state index in [1.807, 2.05) is 42.5 Å². The first-order valence-corrected chi connectivity index (χ1v) is 18.4. The number of carbonyl (C=O) groups is 6. The minimum Gasteiger partial charge on any atom is -0.378 e. The molecule has 286 valence electrons. The Labute approximate surface area is 314 Å². The number of piperidine rings is 1. The minimum absolute atomic E-state index is 0.0361. The summed E-state index contributed by atoms with van der Waals surface area (Å²) in [6.07, 6.45) is 3.60. The van der Waals surface area contributed by atoms with Gasteiger partial charge in [0, 0.05) is 57.8 Å². The summed E-state index contributed by atoms with van der Waals surface area (Å²) in [5, 5.41) is 16.2. The smallest absolute Gasteiger partial charge is 0.246 e. The number of benzene rings is 3. The van der Waals surface area contributed by atoms with Crippen molar-refractivity contribution in [1.29, 1.82) is 0 Å². The summed E-state index contributed by atoms with van der Waals surface area (Å²) in [6.45, 7) is 1.81. The van der Waals surface area contributed by atoms with Crippen LogP contribution in [0.25, 0.3) is 10.8 Å². The summed E-state index contributed by atoms with van der Waals surface area (Å²) >= 11 is 0. The summed E-state index contributed by atoms with van der Waals surface area (Å²) in [5.74, 6) is -3.14. The first-order valence-electron chi connectivity index (χ1n) is 18.4. The van der Waals surface area contributed by atoms with E-state index >= 15 is 0 Å². The van der Waals surface area contributed by atoms with Crippen molar-refractivity contribution in [3.8, 4) is 0 Å². The number of amides is 6. The van der Waals surface area contributed by atoms with Gasteiger partial charge in [0.15, 0.2) is 0 Å². The molecule has 7 N–H and O–H groups in total. The van der Waals surface area contributed by atoms with E-state index in [2.05, 4.69) is 26.6 Å². The van der Waals surface area contributed by atoms with E-state index in [1.54, 1.807) is 24.3 Å². The molecule has 0 unspecified atom stereocenters. The lowest BCUT2D eigenvalue weighted by Gasteiger charge is -2.32. The molecule has 2 aliphatic heterocycles. The Balaban J connectivity index is 1.38. The molecular formula is C40H49N7O7. The molecule has 54 heavy (non-hydrogen) atoms. The zero-order valence-electron chi connectivity index (χ0n) is 30.3. The van der Waals surface area contributed by atoms with Crippen LogP contribution in [0.4, 0.5) is 0 Å². The van der Waals surface area contributed by atoms with Gasteiger partial charge in [-0.25, -0.2) is 0 Å². The quantitative estimate of drug-likeness (QED) is 0.181. The van der Waals surface area contributed by atoms with Crippen LogP contribution in [0.15, 0.2) is 78.9 Å². The monoisotopic (exact) mass is 739 g/mol. The molecule has 2 bridgehead atoms. The molecule has 5 rings (SSSR count). The second-order valence-electron chi connectivity index (χ2n) is 13.5. The number of nitrogens with two attached hydrogens (primary N) is 1. The minimum atomic E-state index is -0.979. The van der Waals surface area contributed by atoms with E-state index in [1.165, 1.54) is 4.90 Å². The third-order valence-corrected chi connectivity index (χ3v) is 9.48. The Morgan fingerprint density at radius 3 is 2.44 bits per heavy atom. The molecule has 1 fully saturated rings. The molecule has 6 amide bonds. The molecule has 14 nitrogen and oxygen atoms in total. The van der Waals surface area contributed by atoms with Gasteiger partial charge in [0.2, 0.25) is 35.4 Å². The van der Waals surface area contributed by atoms with Crippen LogP contribution in [0.2, 0.25) is 0 Å². The van der Waals surface area contributed by atoms with Gasteiger partial charge in [-0.2, -0.15) is 0 Å².